The molecule has 1 fully saturated rings. The molecule has 2 heterocycles. The van der Waals surface area contributed by atoms with Gasteiger partial charge in [0.25, 0.3) is 0 Å². The van der Waals surface area contributed by atoms with Gasteiger partial charge in [0, 0.05) is 13.0 Å². The van der Waals surface area contributed by atoms with Crippen molar-refractivity contribution in [3.8, 4) is 11.5 Å². The van der Waals surface area contributed by atoms with Gasteiger partial charge in [-0.1, -0.05) is 6.07 Å². The van der Waals surface area contributed by atoms with Crippen LogP contribution in [0.1, 0.15) is 50.9 Å². The van der Waals surface area contributed by atoms with Crippen molar-refractivity contribution < 1.29 is 14.6 Å². The standard InChI is InChI=1S/C23H31N5O3/c1-4-24-22-21-23(27-20(26-21)11-15(2)29)28(14-25-22)13-16-9-10-18(30-3)19(12-16)31-17-7-5-6-8-17/h9-10,12,14-15,17,29H,4-8,11,13H2,1-3H3,(H,26,27). The Morgan fingerprint density at radius 2 is 2.10 bits per heavy atom. The first-order valence-electron chi connectivity index (χ1n) is 11.0. The van der Waals surface area contributed by atoms with Crippen LogP contribution >= 0.6 is 0 Å². The van der Waals surface area contributed by atoms with Gasteiger partial charge < -0.3 is 24.1 Å². The molecule has 0 amide bonds. The minimum absolute atomic E-state index is 0.259. The first kappa shape index (κ1) is 21.4. The van der Waals surface area contributed by atoms with E-state index in [9.17, 15) is 5.11 Å². The summed E-state index contributed by atoms with van der Waals surface area (Å²) in [5.74, 6) is 2.26. The Balaban J connectivity index is 1.68. The average Bonchev–Trinajstić information content (AvgIpc) is 3.40. The van der Waals surface area contributed by atoms with Gasteiger partial charge in [-0.2, -0.15) is 0 Å². The van der Waals surface area contributed by atoms with Crippen LogP contribution in [0.4, 0.5) is 0 Å². The number of fused-ring (bicyclic) bond motifs is 1. The zero-order valence-corrected chi connectivity index (χ0v) is 18.5. The van der Waals surface area contributed by atoms with Crippen molar-refractivity contribution in [1.29, 1.82) is 0 Å². The van der Waals surface area contributed by atoms with E-state index in [2.05, 4.69) is 15.0 Å². The molecule has 8 nitrogen and oxygen atoms in total. The third-order valence-corrected chi connectivity index (χ3v) is 5.52. The second kappa shape index (κ2) is 9.51. The van der Waals surface area contributed by atoms with E-state index >= 15 is 0 Å². The van der Waals surface area contributed by atoms with Crippen LogP contribution < -0.4 is 15.0 Å². The third kappa shape index (κ3) is 4.90. The molecular formula is C23H31N5O3. The van der Waals surface area contributed by atoms with Crippen molar-refractivity contribution in [3.05, 3.63) is 41.4 Å². The highest BCUT2D eigenvalue weighted by atomic mass is 16.5. The molecule has 1 aliphatic rings. The molecule has 0 spiro atoms. The first-order valence-corrected chi connectivity index (χ1v) is 11.0. The number of aliphatic hydroxyl groups is 1. The highest BCUT2D eigenvalue weighted by Gasteiger charge is 2.19. The van der Waals surface area contributed by atoms with Gasteiger partial charge >= 0.3 is 0 Å². The van der Waals surface area contributed by atoms with Crippen molar-refractivity contribution >= 4 is 11.2 Å². The van der Waals surface area contributed by atoms with Crippen molar-refractivity contribution in [3.63, 3.8) is 0 Å². The molecule has 0 aliphatic heterocycles. The number of imidazole rings is 1. The normalized spacial score (nSPS) is 16.2. The SMILES string of the molecule is CCN=c1ncn(Cc2ccc(OC)c(OC3CCCC3)c2)c2nc(CC(C)O)[nH]c12. The first-order chi connectivity index (χ1) is 15.1. The number of hydrogen-bond donors (Lipinski definition) is 2. The van der Waals surface area contributed by atoms with E-state index in [1.807, 2.05) is 29.7 Å². The minimum atomic E-state index is -0.481. The quantitative estimate of drug-likeness (QED) is 0.578. The number of benzene rings is 1. The van der Waals surface area contributed by atoms with Crippen LogP contribution in [0.2, 0.25) is 0 Å². The fraction of sp³-hybridized carbons (Fsp3) is 0.522. The molecule has 0 bridgehead atoms. The zero-order chi connectivity index (χ0) is 21.8. The average molecular weight is 426 g/mol. The van der Waals surface area contributed by atoms with Crippen molar-refractivity contribution in [2.24, 2.45) is 4.99 Å². The Kier molecular flexibility index (Phi) is 6.56. The highest BCUT2D eigenvalue weighted by molar-refractivity contribution is 5.69. The number of rotatable bonds is 8. The number of H-pyrrole nitrogens is 1. The van der Waals surface area contributed by atoms with Gasteiger partial charge in [0.1, 0.15) is 11.3 Å². The van der Waals surface area contributed by atoms with Gasteiger partial charge in [-0.3, -0.25) is 4.99 Å². The Labute approximate surface area is 182 Å². The number of ether oxygens (including phenoxy) is 2. The summed E-state index contributed by atoms with van der Waals surface area (Å²) >= 11 is 0. The Morgan fingerprint density at radius 1 is 1.29 bits per heavy atom. The van der Waals surface area contributed by atoms with Crippen LogP contribution in [0.25, 0.3) is 11.2 Å². The Morgan fingerprint density at radius 3 is 2.81 bits per heavy atom. The molecule has 0 radical (unpaired) electrons. The molecule has 1 aliphatic carbocycles. The van der Waals surface area contributed by atoms with E-state index in [0.717, 1.165) is 46.9 Å². The summed E-state index contributed by atoms with van der Waals surface area (Å²) in [6, 6.07) is 6.03. The molecule has 1 unspecified atom stereocenters. The van der Waals surface area contributed by atoms with E-state index < -0.39 is 6.10 Å². The molecule has 1 aromatic carbocycles. The molecule has 2 N–H and O–H groups in total. The number of nitrogens with zero attached hydrogens (tertiary/aromatic N) is 4. The molecule has 4 rings (SSSR count). The maximum atomic E-state index is 9.77. The Hall–Kier alpha value is -2.87. The molecule has 3 aromatic rings. The number of methoxy groups -OCH3 is 1. The smallest absolute Gasteiger partial charge is 0.176 e. The third-order valence-electron chi connectivity index (χ3n) is 5.52. The van der Waals surface area contributed by atoms with E-state index in [1.54, 1.807) is 20.4 Å². The topological polar surface area (TPSA) is 97.6 Å². The summed E-state index contributed by atoms with van der Waals surface area (Å²) < 4.78 is 13.8. The summed E-state index contributed by atoms with van der Waals surface area (Å²) in [5.41, 5.74) is 3.27. The number of nitrogens with one attached hydrogen (secondary N) is 1. The van der Waals surface area contributed by atoms with Gasteiger partial charge in [-0.05, 0) is 57.2 Å². The molecular weight excluding hydrogens is 394 g/mol. The van der Waals surface area contributed by atoms with Crippen LogP contribution in [0.15, 0.2) is 29.5 Å². The molecule has 1 saturated carbocycles. The van der Waals surface area contributed by atoms with Crippen LogP contribution in [0.3, 0.4) is 0 Å². The lowest BCUT2D eigenvalue weighted by Gasteiger charge is -2.17. The van der Waals surface area contributed by atoms with Gasteiger partial charge in [-0.15, -0.1) is 0 Å². The summed E-state index contributed by atoms with van der Waals surface area (Å²) in [6.07, 6.45) is 6.61. The van der Waals surface area contributed by atoms with E-state index in [4.69, 9.17) is 14.5 Å². The monoisotopic (exact) mass is 425 g/mol. The van der Waals surface area contributed by atoms with Gasteiger partial charge in [-0.25, -0.2) is 9.97 Å². The number of aromatic amines is 1. The fourth-order valence-electron chi connectivity index (χ4n) is 4.08. The summed E-state index contributed by atoms with van der Waals surface area (Å²) in [7, 11) is 1.67. The number of aromatic nitrogens is 4. The zero-order valence-electron chi connectivity index (χ0n) is 18.5. The van der Waals surface area contributed by atoms with Crippen molar-refractivity contribution in [2.75, 3.05) is 13.7 Å². The summed E-state index contributed by atoms with van der Waals surface area (Å²) in [5, 5.41) is 9.77. The van der Waals surface area contributed by atoms with E-state index in [1.165, 1.54) is 12.8 Å². The lowest BCUT2D eigenvalue weighted by Crippen LogP contribution is -2.15. The van der Waals surface area contributed by atoms with Gasteiger partial charge in [0.05, 0.1) is 32.2 Å². The van der Waals surface area contributed by atoms with Crippen molar-refractivity contribution in [2.45, 2.75) is 64.7 Å². The van der Waals surface area contributed by atoms with Gasteiger partial charge in [0.2, 0.25) is 0 Å². The summed E-state index contributed by atoms with van der Waals surface area (Å²) in [6.45, 7) is 4.95. The predicted octanol–water partition coefficient (Wildman–Crippen LogP) is 2.98. The highest BCUT2D eigenvalue weighted by Crippen LogP contribution is 2.32. The Bertz CT molecular complexity index is 1100. The summed E-state index contributed by atoms with van der Waals surface area (Å²) in [4.78, 5) is 17.0. The van der Waals surface area contributed by atoms with E-state index in [-0.39, 0.29) is 6.10 Å². The van der Waals surface area contributed by atoms with Crippen LogP contribution in [-0.2, 0) is 13.0 Å². The molecule has 2 aromatic heterocycles. The van der Waals surface area contributed by atoms with Gasteiger partial charge in [0.15, 0.2) is 22.6 Å². The fourth-order valence-corrected chi connectivity index (χ4v) is 4.08. The lowest BCUT2D eigenvalue weighted by atomic mass is 10.2. The molecule has 0 saturated heterocycles. The van der Waals surface area contributed by atoms with Crippen LogP contribution in [0, 0.1) is 0 Å². The molecule has 1 atom stereocenters. The molecule has 31 heavy (non-hydrogen) atoms. The van der Waals surface area contributed by atoms with E-state index in [0.29, 0.717) is 25.0 Å². The number of hydrogen-bond acceptors (Lipinski definition) is 6. The maximum Gasteiger partial charge on any atom is 0.176 e. The van der Waals surface area contributed by atoms with Crippen molar-refractivity contribution in [1.82, 2.24) is 19.5 Å². The maximum absolute atomic E-state index is 9.77. The largest absolute Gasteiger partial charge is 0.493 e. The molecule has 8 heteroatoms. The minimum Gasteiger partial charge on any atom is -0.493 e. The molecule has 166 valence electrons. The van der Waals surface area contributed by atoms with Crippen LogP contribution in [0.5, 0.6) is 11.5 Å². The van der Waals surface area contributed by atoms with Crippen LogP contribution in [-0.4, -0.2) is 50.5 Å². The predicted molar refractivity (Wildman–Crippen MR) is 118 cm³/mol. The lowest BCUT2D eigenvalue weighted by molar-refractivity contribution is 0.193. The second-order valence-corrected chi connectivity index (χ2v) is 8.12. The number of aliphatic hydroxyl groups excluding tert-OH is 1. The second-order valence-electron chi connectivity index (χ2n) is 8.12.